The summed E-state index contributed by atoms with van der Waals surface area (Å²) < 4.78 is 11.0. The fourth-order valence-corrected chi connectivity index (χ4v) is 2.38. The van der Waals surface area contributed by atoms with Gasteiger partial charge in [-0.3, -0.25) is 0 Å². The van der Waals surface area contributed by atoms with Crippen molar-refractivity contribution in [1.82, 2.24) is 0 Å². The van der Waals surface area contributed by atoms with Gasteiger partial charge in [-0.15, -0.1) is 0 Å². The molecule has 2 aromatic rings. The molecule has 90 valence electrons. The number of rotatable bonds is 1. The molecule has 0 saturated carbocycles. The SMILES string of the molecule is C=C1C=C(C)c2c(ccc3ccc(OC)cc23)O1. The van der Waals surface area contributed by atoms with Gasteiger partial charge >= 0.3 is 0 Å². The zero-order valence-corrected chi connectivity index (χ0v) is 10.5. The van der Waals surface area contributed by atoms with Gasteiger partial charge in [-0.2, -0.15) is 0 Å². The molecule has 0 fully saturated rings. The topological polar surface area (TPSA) is 18.5 Å². The van der Waals surface area contributed by atoms with E-state index >= 15 is 0 Å². The molecule has 0 unspecified atom stereocenters. The summed E-state index contributed by atoms with van der Waals surface area (Å²) in [6, 6.07) is 10.1. The van der Waals surface area contributed by atoms with Crippen molar-refractivity contribution in [1.29, 1.82) is 0 Å². The second-order valence-corrected chi connectivity index (χ2v) is 4.42. The molecule has 2 nitrogen and oxygen atoms in total. The molecular formula is C16H14O2. The van der Waals surface area contributed by atoms with Gasteiger partial charge in [0.2, 0.25) is 0 Å². The van der Waals surface area contributed by atoms with Crippen molar-refractivity contribution >= 4 is 16.3 Å². The van der Waals surface area contributed by atoms with Gasteiger partial charge in [0.25, 0.3) is 0 Å². The van der Waals surface area contributed by atoms with Crippen LogP contribution in [0.1, 0.15) is 12.5 Å². The summed E-state index contributed by atoms with van der Waals surface area (Å²) in [5, 5.41) is 2.33. The Balaban J connectivity index is 2.36. The van der Waals surface area contributed by atoms with Gasteiger partial charge in [-0.25, -0.2) is 0 Å². The largest absolute Gasteiger partial charge is 0.497 e. The Labute approximate surface area is 106 Å². The molecule has 0 atom stereocenters. The minimum Gasteiger partial charge on any atom is -0.497 e. The predicted molar refractivity (Wildman–Crippen MR) is 73.9 cm³/mol. The highest BCUT2D eigenvalue weighted by molar-refractivity contribution is 5.98. The van der Waals surface area contributed by atoms with Crippen LogP contribution < -0.4 is 9.47 Å². The molecule has 0 saturated heterocycles. The molecule has 0 radical (unpaired) electrons. The predicted octanol–water partition coefficient (Wildman–Crippen LogP) is 4.16. The van der Waals surface area contributed by atoms with E-state index in [4.69, 9.17) is 9.47 Å². The maximum Gasteiger partial charge on any atom is 0.135 e. The smallest absolute Gasteiger partial charge is 0.135 e. The molecule has 0 aliphatic carbocycles. The molecule has 18 heavy (non-hydrogen) atoms. The van der Waals surface area contributed by atoms with Crippen molar-refractivity contribution in [2.45, 2.75) is 6.92 Å². The fourth-order valence-electron chi connectivity index (χ4n) is 2.38. The summed E-state index contributed by atoms with van der Waals surface area (Å²) in [7, 11) is 1.68. The van der Waals surface area contributed by atoms with Gasteiger partial charge in [-0.1, -0.05) is 18.7 Å². The number of hydrogen-bond acceptors (Lipinski definition) is 2. The van der Waals surface area contributed by atoms with Crippen LogP contribution in [0.4, 0.5) is 0 Å². The lowest BCUT2D eigenvalue weighted by atomic mass is 9.96. The van der Waals surface area contributed by atoms with Crippen LogP contribution in [0, 0.1) is 0 Å². The first kappa shape index (κ1) is 10.9. The van der Waals surface area contributed by atoms with Crippen molar-refractivity contribution < 1.29 is 9.47 Å². The van der Waals surface area contributed by atoms with Crippen LogP contribution >= 0.6 is 0 Å². The highest BCUT2D eigenvalue weighted by Gasteiger charge is 2.16. The Hall–Kier alpha value is -2.22. The average molecular weight is 238 g/mol. The first-order valence-corrected chi connectivity index (χ1v) is 5.85. The van der Waals surface area contributed by atoms with E-state index in [1.54, 1.807) is 7.11 Å². The van der Waals surface area contributed by atoms with Crippen molar-refractivity contribution in [2.24, 2.45) is 0 Å². The van der Waals surface area contributed by atoms with Crippen LogP contribution in [-0.4, -0.2) is 7.11 Å². The number of allylic oxidation sites excluding steroid dienone is 2. The zero-order valence-electron chi connectivity index (χ0n) is 10.5. The fraction of sp³-hybridized carbons (Fsp3) is 0.125. The highest BCUT2D eigenvalue weighted by Crippen LogP contribution is 2.39. The lowest BCUT2D eigenvalue weighted by Gasteiger charge is -2.19. The second kappa shape index (κ2) is 3.91. The Morgan fingerprint density at radius 2 is 1.94 bits per heavy atom. The number of ether oxygens (including phenoxy) is 2. The van der Waals surface area contributed by atoms with Crippen molar-refractivity contribution in [2.75, 3.05) is 7.11 Å². The first-order chi connectivity index (χ1) is 8.69. The molecular weight excluding hydrogens is 224 g/mol. The van der Waals surface area contributed by atoms with Crippen LogP contribution in [0.5, 0.6) is 11.5 Å². The van der Waals surface area contributed by atoms with Gasteiger partial charge < -0.3 is 9.47 Å². The van der Waals surface area contributed by atoms with Crippen LogP contribution in [0.15, 0.2) is 48.7 Å². The van der Waals surface area contributed by atoms with Crippen molar-refractivity contribution in [3.63, 3.8) is 0 Å². The van der Waals surface area contributed by atoms with E-state index in [1.165, 1.54) is 11.0 Å². The Morgan fingerprint density at radius 1 is 1.17 bits per heavy atom. The third-order valence-electron chi connectivity index (χ3n) is 3.20. The minimum atomic E-state index is 0.683. The molecule has 1 heterocycles. The maximum atomic E-state index is 5.67. The molecule has 0 amide bonds. The monoisotopic (exact) mass is 238 g/mol. The van der Waals surface area contributed by atoms with Crippen molar-refractivity contribution in [3.05, 3.63) is 54.3 Å². The molecule has 0 bridgehead atoms. The maximum absolute atomic E-state index is 5.67. The first-order valence-electron chi connectivity index (χ1n) is 5.85. The van der Waals surface area contributed by atoms with E-state index in [0.717, 1.165) is 22.4 Å². The van der Waals surface area contributed by atoms with Crippen LogP contribution in [0.3, 0.4) is 0 Å². The Bertz CT molecular complexity index is 681. The molecule has 0 N–H and O–H groups in total. The second-order valence-electron chi connectivity index (χ2n) is 4.42. The number of methoxy groups -OCH3 is 1. The normalized spacial score (nSPS) is 13.9. The standard InChI is InChI=1S/C16H14O2/c1-10-8-11(2)18-15-7-5-12-4-6-13(17-3)9-14(12)16(10)15/h4-9H,2H2,1,3H3. The van der Waals surface area contributed by atoms with Crippen LogP contribution in [-0.2, 0) is 0 Å². The summed E-state index contributed by atoms with van der Waals surface area (Å²) in [5.74, 6) is 2.40. The molecule has 1 aliphatic heterocycles. The molecule has 1 aliphatic rings. The zero-order chi connectivity index (χ0) is 12.7. The summed E-state index contributed by atoms with van der Waals surface area (Å²) in [6.45, 7) is 5.93. The van der Waals surface area contributed by atoms with E-state index in [0.29, 0.717) is 5.76 Å². The van der Waals surface area contributed by atoms with Gasteiger partial charge in [0.05, 0.1) is 7.11 Å². The van der Waals surface area contributed by atoms with Crippen LogP contribution in [0.2, 0.25) is 0 Å². The van der Waals surface area contributed by atoms with Gasteiger partial charge in [0, 0.05) is 5.56 Å². The average Bonchev–Trinajstić information content (AvgIpc) is 2.36. The molecule has 3 rings (SSSR count). The number of fused-ring (bicyclic) bond motifs is 3. The van der Waals surface area contributed by atoms with E-state index in [9.17, 15) is 0 Å². The quantitative estimate of drug-likeness (QED) is 0.742. The Kier molecular flexibility index (Phi) is 2.37. The van der Waals surface area contributed by atoms with Crippen LogP contribution in [0.25, 0.3) is 16.3 Å². The third kappa shape index (κ3) is 1.58. The molecule has 0 spiro atoms. The lowest BCUT2D eigenvalue weighted by molar-refractivity contribution is 0.415. The van der Waals surface area contributed by atoms with Gasteiger partial charge in [-0.05, 0) is 47.5 Å². The summed E-state index contributed by atoms with van der Waals surface area (Å²) in [4.78, 5) is 0. The van der Waals surface area contributed by atoms with E-state index < -0.39 is 0 Å². The summed E-state index contributed by atoms with van der Waals surface area (Å²) in [6.07, 6.45) is 1.96. The third-order valence-corrected chi connectivity index (χ3v) is 3.20. The van der Waals surface area contributed by atoms with Gasteiger partial charge in [0.15, 0.2) is 0 Å². The highest BCUT2D eigenvalue weighted by atomic mass is 16.5. The Morgan fingerprint density at radius 3 is 2.72 bits per heavy atom. The van der Waals surface area contributed by atoms with E-state index in [2.05, 4.69) is 25.6 Å². The minimum absolute atomic E-state index is 0.683. The summed E-state index contributed by atoms with van der Waals surface area (Å²) in [5.41, 5.74) is 2.29. The van der Waals surface area contributed by atoms with Crippen molar-refractivity contribution in [3.8, 4) is 11.5 Å². The van der Waals surface area contributed by atoms with E-state index in [-0.39, 0.29) is 0 Å². The number of benzene rings is 2. The molecule has 0 aromatic heterocycles. The van der Waals surface area contributed by atoms with E-state index in [1.807, 2.05) is 24.3 Å². The lowest BCUT2D eigenvalue weighted by Crippen LogP contribution is -2.01. The summed E-state index contributed by atoms with van der Waals surface area (Å²) >= 11 is 0. The van der Waals surface area contributed by atoms with Gasteiger partial charge in [0.1, 0.15) is 17.3 Å². The molecule has 2 heteroatoms. The number of hydrogen-bond donors (Lipinski definition) is 0. The molecule has 2 aromatic carbocycles.